The van der Waals surface area contributed by atoms with E-state index in [1.54, 1.807) is 16.2 Å². The minimum atomic E-state index is -0.149. The minimum absolute atomic E-state index is 0.145. The fraction of sp³-hybridized carbons (Fsp3) is 0.455. The van der Waals surface area contributed by atoms with Crippen molar-refractivity contribution >= 4 is 17.2 Å². The van der Waals surface area contributed by atoms with Gasteiger partial charge >= 0.3 is 0 Å². The Labute approximate surface area is 114 Å². The van der Waals surface area contributed by atoms with E-state index in [2.05, 4.69) is 43.0 Å². The average molecular weight is 278 g/mol. The summed E-state index contributed by atoms with van der Waals surface area (Å²) in [5.74, 6) is -0.00349. The maximum atomic E-state index is 12.0. The first-order valence-electron chi connectivity index (χ1n) is 6.10. The van der Waals surface area contributed by atoms with Crippen molar-refractivity contribution < 1.29 is 4.79 Å². The van der Waals surface area contributed by atoms with Crippen LogP contribution in [0.4, 0.5) is 0 Å². The standard InChI is InChI=1S/C11H14N6OS/c18-11(10-12-14-15-13-10)17-5-3-16(4-6-17)8-9-2-1-7-19-9/h1-2,7H,3-6,8H2,(H,12,13,14,15). The Morgan fingerprint density at radius 3 is 2.84 bits per heavy atom. The first-order valence-corrected chi connectivity index (χ1v) is 6.98. The second kappa shape index (κ2) is 5.45. The Balaban J connectivity index is 1.53. The van der Waals surface area contributed by atoms with Gasteiger partial charge in [0.2, 0.25) is 0 Å². The molecule has 2 aromatic rings. The summed E-state index contributed by atoms with van der Waals surface area (Å²) in [4.78, 5) is 17.5. The summed E-state index contributed by atoms with van der Waals surface area (Å²) >= 11 is 1.77. The molecule has 8 heteroatoms. The molecule has 0 aliphatic carbocycles. The average Bonchev–Trinajstić information content (AvgIpc) is 3.12. The van der Waals surface area contributed by atoms with Crippen molar-refractivity contribution in [2.24, 2.45) is 0 Å². The van der Waals surface area contributed by atoms with Crippen LogP contribution in [0, 0.1) is 0 Å². The SMILES string of the molecule is O=C(c1nn[nH]n1)N1CCN(Cc2cccs2)CC1. The molecule has 0 aromatic carbocycles. The number of amides is 1. The zero-order valence-electron chi connectivity index (χ0n) is 10.3. The Morgan fingerprint density at radius 1 is 1.37 bits per heavy atom. The molecule has 7 nitrogen and oxygen atoms in total. The highest BCUT2D eigenvalue weighted by atomic mass is 32.1. The number of tetrazole rings is 1. The van der Waals surface area contributed by atoms with E-state index in [0.29, 0.717) is 13.1 Å². The van der Waals surface area contributed by atoms with Crippen LogP contribution in [0.5, 0.6) is 0 Å². The van der Waals surface area contributed by atoms with Gasteiger partial charge in [-0.25, -0.2) is 0 Å². The van der Waals surface area contributed by atoms with Gasteiger partial charge in [-0.2, -0.15) is 5.21 Å². The van der Waals surface area contributed by atoms with Crippen LogP contribution in [0.3, 0.4) is 0 Å². The Bertz CT molecular complexity index is 517. The molecule has 0 saturated carbocycles. The Hall–Kier alpha value is -1.80. The van der Waals surface area contributed by atoms with Crippen molar-refractivity contribution in [3.8, 4) is 0 Å². The molecule has 1 amide bonds. The second-order valence-electron chi connectivity index (χ2n) is 4.38. The maximum absolute atomic E-state index is 12.0. The zero-order chi connectivity index (χ0) is 13.1. The van der Waals surface area contributed by atoms with Crippen molar-refractivity contribution in [1.82, 2.24) is 30.4 Å². The number of carbonyl (C=O) groups is 1. The van der Waals surface area contributed by atoms with Gasteiger partial charge in [0.25, 0.3) is 11.7 Å². The van der Waals surface area contributed by atoms with Gasteiger partial charge in [-0.15, -0.1) is 21.5 Å². The molecule has 0 spiro atoms. The molecule has 1 saturated heterocycles. The third-order valence-electron chi connectivity index (χ3n) is 3.16. The number of hydrogen-bond donors (Lipinski definition) is 1. The lowest BCUT2D eigenvalue weighted by Gasteiger charge is -2.33. The smallest absolute Gasteiger partial charge is 0.295 e. The zero-order valence-corrected chi connectivity index (χ0v) is 11.1. The highest BCUT2D eigenvalue weighted by Crippen LogP contribution is 2.14. The molecular weight excluding hydrogens is 264 g/mol. The van der Waals surface area contributed by atoms with Gasteiger partial charge in [0.15, 0.2) is 0 Å². The van der Waals surface area contributed by atoms with Gasteiger partial charge in [-0.3, -0.25) is 9.69 Å². The van der Waals surface area contributed by atoms with Gasteiger partial charge in [-0.1, -0.05) is 6.07 Å². The molecule has 19 heavy (non-hydrogen) atoms. The van der Waals surface area contributed by atoms with Crippen LogP contribution in [0.25, 0.3) is 0 Å². The molecule has 0 radical (unpaired) electrons. The quantitative estimate of drug-likeness (QED) is 0.869. The molecule has 1 aliphatic rings. The molecule has 0 unspecified atom stereocenters. The van der Waals surface area contributed by atoms with E-state index >= 15 is 0 Å². The summed E-state index contributed by atoms with van der Waals surface area (Å²) in [5, 5.41) is 15.2. The summed E-state index contributed by atoms with van der Waals surface area (Å²) in [6.45, 7) is 4.13. The molecular formula is C11H14N6OS. The van der Waals surface area contributed by atoms with Crippen LogP contribution < -0.4 is 0 Å². The van der Waals surface area contributed by atoms with E-state index in [1.807, 2.05) is 0 Å². The molecule has 0 atom stereocenters. The molecule has 1 N–H and O–H groups in total. The first kappa shape index (κ1) is 12.2. The van der Waals surface area contributed by atoms with Gasteiger partial charge in [-0.05, 0) is 16.7 Å². The number of hydrogen-bond acceptors (Lipinski definition) is 6. The van der Waals surface area contributed by atoms with Gasteiger partial charge < -0.3 is 4.90 Å². The number of carbonyl (C=O) groups excluding carboxylic acids is 1. The van der Waals surface area contributed by atoms with E-state index in [1.165, 1.54) is 4.88 Å². The number of H-pyrrole nitrogens is 1. The summed E-state index contributed by atoms with van der Waals surface area (Å²) in [6.07, 6.45) is 0. The van der Waals surface area contributed by atoms with Crippen molar-refractivity contribution in [2.75, 3.05) is 26.2 Å². The number of nitrogens with zero attached hydrogens (tertiary/aromatic N) is 5. The Kier molecular flexibility index (Phi) is 3.51. The van der Waals surface area contributed by atoms with Gasteiger partial charge in [0.1, 0.15) is 0 Å². The van der Waals surface area contributed by atoms with Crippen molar-refractivity contribution in [2.45, 2.75) is 6.54 Å². The van der Waals surface area contributed by atoms with Gasteiger partial charge in [0.05, 0.1) is 0 Å². The van der Waals surface area contributed by atoms with Crippen molar-refractivity contribution in [3.05, 3.63) is 28.2 Å². The molecule has 0 bridgehead atoms. The number of aromatic amines is 1. The van der Waals surface area contributed by atoms with E-state index in [-0.39, 0.29) is 11.7 Å². The molecule has 3 rings (SSSR count). The number of piperazine rings is 1. The van der Waals surface area contributed by atoms with E-state index in [9.17, 15) is 4.79 Å². The molecule has 2 aromatic heterocycles. The fourth-order valence-corrected chi connectivity index (χ4v) is 2.87. The summed E-state index contributed by atoms with van der Waals surface area (Å²) < 4.78 is 0. The number of aromatic nitrogens is 4. The largest absolute Gasteiger partial charge is 0.333 e. The van der Waals surface area contributed by atoms with E-state index < -0.39 is 0 Å². The summed E-state index contributed by atoms with van der Waals surface area (Å²) in [7, 11) is 0. The first-order chi connectivity index (χ1) is 9.33. The van der Waals surface area contributed by atoms with Crippen LogP contribution in [0.2, 0.25) is 0 Å². The van der Waals surface area contributed by atoms with Crippen LogP contribution in [-0.2, 0) is 6.54 Å². The monoisotopic (exact) mass is 278 g/mol. The highest BCUT2D eigenvalue weighted by Gasteiger charge is 2.24. The molecule has 3 heterocycles. The lowest BCUT2D eigenvalue weighted by atomic mass is 10.3. The Morgan fingerprint density at radius 2 is 2.21 bits per heavy atom. The minimum Gasteiger partial charge on any atom is -0.333 e. The normalized spacial score (nSPS) is 16.7. The van der Waals surface area contributed by atoms with E-state index in [4.69, 9.17) is 0 Å². The lowest BCUT2D eigenvalue weighted by molar-refractivity contribution is 0.0617. The third-order valence-corrected chi connectivity index (χ3v) is 4.02. The van der Waals surface area contributed by atoms with Gasteiger partial charge in [0, 0.05) is 37.6 Å². The van der Waals surface area contributed by atoms with E-state index in [0.717, 1.165) is 19.6 Å². The fourth-order valence-electron chi connectivity index (χ4n) is 2.13. The third kappa shape index (κ3) is 2.79. The van der Waals surface area contributed by atoms with Crippen LogP contribution in [0.1, 0.15) is 15.5 Å². The lowest BCUT2D eigenvalue weighted by Crippen LogP contribution is -2.48. The highest BCUT2D eigenvalue weighted by molar-refractivity contribution is 7.09. The molecule has 100 valence electrons. The summed E-state index contributed by atoms with van der Waals surface area (Å²) in [6, 6.07) is 4.21. The summed E-state index contributed by atoms with van der Waals surface area (Å²) in [5.41, 5.74) is 0. The predicted octanol–water partition coefficient (Wildman–Crippen LogP) is 0.219. The number of rotatable bonds is 3. The second-order valence-corrected chi connectivity index (χ2v) is 5.42. The number of nitrogens with one attached hydrogen (secondary N) is 1. The molecule has 1 aliphatic heterocycles. The van der Waals surface area contributed by atoms with Crippen molar-refractivity contribution in [1.29, 1.82) is 0 Å². The number of thiophene rings is 1. The van der Waals surface area contributed by atoms with Crippen LogP contribution in [-0.4, -0.2) is 62.5 Å². The predicted molar refractivity (Wildman–Crippen MR) is 69.7 cm³/mol. The maximum Gasteiger partial charge on any atom is 0.295 e. The van der Waals surface area contributed by atoms with Crippen molar-refractivity contribution in [3.63, 3.8) is 0 Å². The molecule has 1 fully saturated rings. The topological polar surface area (TPSA) is 78.0 Å². The van der Waals surface area contributed by atoms with Crippen LogP contribution in [0.15, 0.2) is 17.5 Å². The van der Waals surface area contributed by atoms with Crippen LogP contribution >= 0.6 is 11.3 Å².